The molecular weight excluding hydrogens is 418 g/mol. The zero-order chi connectivity index (χ0) is 20.1. The summed E-state index contributed by atoms with van der Waals surface area (Å²) < 4.78 is 26.3. The fourth-order valence-electron chi connectivity index (χ4n) is 3.28. The molecule has 152 valence electrons. The van der Waals surface area contributed by atoms with Crippen molar-refractivity contribution < 1.29 is 13.2 Å². The fourth-order valence-corrected chi connectivity index (χ4v) is 5.40. The number of nitrogens with zero attached hydrogens (tertiary/aromatic N) is 2. The summed E-state index contributed by atoms with van der Waals surface area (Å²) in [5.74, 6) is -0.319. The van der Waals surface area contributed by atoms with Gasteiger partial charge in [0.1, 0.15) is 0 Å². The van der Waals surface area contributed by atoms with Crippen molar-refractivity contribution in [1.82, 2.24) is 14.5 Å². The van der Waals surface area contributed by atoms with E-state index >= 15 is 0 Å². The Bertz CT molecular complexity index is 880. The van der Waals surface area contributed by atoms with E-state index in [0.29, 0.717) is 11.6 Å². The summed E-state index contributed by atoms with van der Waals surface area (Å²) in [6.07, 6.45) is 2.33. The van der Waals surface area contributed by atoms with Gasteiger partial charge in [0, 0.05) is 23.5 Å². The molecule has 1 aliphatic rings. The monoisotopic (exact) mass is 441 g/mol. The Kier molecular flexibility index (Phi) is 7.11. The maximum Gasteiger partial charge on any atom is 0.243 e. The number of nitrogens with one attached hydrogen (secondary N) is 1. The lowest BCUT2D eigenvalue weighted by Gasteiger charge is -2.27. The molecule has 3 rings (SSSR count). The van der Waals surface area contributed by atoms with Crippen molar-refractivity contribution in [3.8, 4) is 0 Å². The summed E-state index contributed by atoms with van der Waals surface area (Å²) in [5.41, 5.74) is 0. The van der Waals surface area contributed by atoms with Crippen LogP contribution in [-0.2, 0) is 14.8 Å². The van der Waals surface area contributed by atoms with Gasteiger partial charge in [-0.05, 0) is 61.6 Å². The first-order chi connectivity index (χ1) is 13.4. The molecule has 1 unspecified atom stereocenters. The maximum absolute atomic E-state index is 12.6. The molecule has 2 heterocycles. The minimum absolute atomic E-state index is 0.112. The molecule has 0 saturated carbocycles. The van der Waals surface area contributed by atoms with E-state index in [2.05, 4.69) is 16.3 Å². The van der Waals surface area contributed by atoms with E-state index in [-0.39, 0.29) is 23.4 Å². The molecule has 1 saturated heterocycles. The Labute approximate surface area is 175 Å². The Morgan fingerprint density at radius 3 is 2.54 bits per heavy atom. The average Bonchev–Trinajstić information content (AvgIpc) is 3.36. The average molecular weight is 442 g/mol. The molecule has 1 atom stereocenters. The molecule has 9 heteroatoms. The molecular formula is C19H24ClN3O3S2. The summed E-state index contributed by atoms with van der Waals surface area (Å²) >= 11 is 7.49. The zero-order valence-corrected chi connectivity index (χ0v) is 18.1. The van der Waals surface area contributed by atoms with Crippen molar-refractivity contribution in [2.45, 2.75) is 23.8 Å². The fraction of sp³-hybridized carbons (Fsp3) is 0.421. The van der Waals surface area contributed by atoms with Crippen LogP contribution in [0.2, 0.25) is 5.02 Å². The number of thiophene rings is 1. The van der Waals surface area contributed by atoms with Crippen LogP contribution in [0.5, 0.6) is 0 Å². The highest BCUT2D eigenvalue weighted by molar-refractivity contribution is 7.89. The molecule has 28 heavy (non-hydrogen) atoms. The SMILES string of the molecule is CN(CC(=O)NCC(c1cccs1)N1CCCC1)S(=O)(=O)c1ccc(Cl)cc1. The summed E-state index contributed by atoms with van der Waals surface area (Å²) in [6.45, 7) is 2.27. The van der Waals surface area contributed by atoms with Crippen LogP contribution in [0.4, 0.5) is 0 Å². The van der Waals surface area contributed by atoms with Gasteiger partial charge in [-0.15, -0.1) is 11.3 Å². The van der Waals surface area contributed by atoms with E-state index in [4.69, 9.17) is 11.6 Å². The number of amides is 1. The number of rotatable bonds is 8. The van der Waals surface area contributed by atoms with Gasteiger partial charge in [-0.25, -0.2) is 8.42 Å². The van der Waals surface area contributed by atoms with Crippen LogP contribution in [0.1, 0.15) is 23.8 Å². The Hall–Kier alpha value is -1.45. The molecule has 1 N–H and O–H groups in total. The quantitative estimate of drug-likeness (QED) is 0.683. The number of carbonyl (C=O) groups is 1. The van der Waals surface area contributed by atoms with Crippen LogP contribution in [0.15, 0.2) is 46.7 Å². The number of carbonyl (C=O) groups excluding carboxylic acids is 1. The van der Waals surface area contributed by atoms with Gasteiger partial charge < -0.3 is 5.32 Å². The predicted octanol–water partition coefficient (Wildman–Crippen LogP) is 2.98. The first-order valence-corrected chi connectivity index (χ1v) is 11.8. The van der Waals surface area contributed by atoms with Gasteiger partial charge in [0.15, 0.2) is 0 Å². The number of halogens is 1. The standard InChI is InChI=1S/C19H24ClN3O3S2/c1-22(28(25,26)16-8-6-15(20)7-9-16)14-19(24)21-13-17(18-5-4-12-27-18)23-10-2-3-11-23/h4-9,12,17H,2-3,10-11,13-14H2,1H3,(H,21,24). The van der Waals surface area contributed by atoms with E-state index in [1.54, 1.807) is 11.3 Å². The molecule has 0 radical (unpaired) electrons. The van der Waals surface area contributed by atoms with E-state index < -0.39 is 10.0 Å². The maximum atomic E-state index is 12.6. The van der Waals surface area contributed by atoms with Crippen LogP contribution < -0.4 is 5.32 Å². The minimum Gasteiger partial charge on any atom is -0.353 e. The van der Waals surface area contributed by atoms with Crippen LogP contribution >= 0.6 is 22.9 Å². The number of hydrogen-bond acceptors (Lipinski definition) is 5. The lowest BCUT2D eigenvalue weighted by atomic mass is 10.2. The molecule has 6 nitrogen and oxygen atoms in total. The number of benzene rings is 1. The van der Waals surface area contributed by atoms with Crippen molar-refractivity contribution in [2.24, 2.45) is 0 Å². The summed E-state index contributed by atoms with van der Waals surface area (Å²) in [4.78, 5) is 16.1. The molecule has 0 spiro atoms. The van der Waals surface area contributed by atoms with Crippen molar-refractivity contribution in [1.29, 1.82) is 0 Å². The Morgan fingerprint density at radius 2 is 1.93 bits per heavy atom. The summed E-state index contributed by atoms with van der Waals surface area (Å²) in [6, 6.07) is 10.1. The van der Waals surface area contributed by atoms with E-state index in [0.717, 1.165) is 30.2 Å². The molecule has 2 aromatic rings. The number of sulfonamides is 1. The molecule has 1 fully saturated rings. The van der Waals surface area contributed by atoms with Crippen molar-refractivity contribution >= 4 is 38.9 Å². The van der Waals surface area contributed by atoms with Crippen molar-refractivity contribution in [2.75, 3.05) is 33.2 Å². The Morgan fingerprint density at radius 1 is 1.25 bits per heavy atom. The first-order valence-electron chi connectivity index (χ1n) is 9.14. The van der Waals surface area contributed by atoms with Crippen LogP contribution in [-0.4, -0.2) is 56.8 Å². The first kappa shape index (κ1) is 21.3. The van der Waals surface area contributed by atoms with Crippen LogP contribution in [0, 0.1) is 0 Å². The van der Waals surface area contributed by atoms with Gasteiger partial charge in [0.25, 0.3) is 0 Å². The molecule has 0 aliphatic carbocycles. The molecule has 1 aromatic heterocycles. The second-order valence-corrected chi connectivity index (χ2v) is 10.3. The van der Waals surface area contributed by atoms with Crippen molar-refractivity contribution in [3.05, 3.63) is 51.7 Å². The molecule has 1 amide bonds. The third kappa shape index (κ3) is 5.12. The normalized spacial score (nSPS) is 16.4. The van der Waals surface area contributed by atoms with Gasteiger partial charge in [0.05, 0.1) is 17.5 Å². The van der Waals surface area contributed by atoms with Crippen LogP contribution in [0.3, 0.4) is 0 Å². The van der Waals surface area contributed by atoms with Gasteiger partial charge in [-0.1, -0.05) is 17.7 Å². The van der Waals surface area contributed by atoms with Gasteiger partial charge in [-0.3, -0.25) is 9.69 Å². The minimum atomic E-state index is -3.74. The number of likely N-dealkylation sites (N-methyl/N-ethyl adjacent to an activating group) is 1. The van der Waals surface area contributed by atoms with Gasteiger partial charge in [-0.2, -0.15) is 4.31 Å². The van der Waals surface area contributed by atoms with Gasteiger partial charge in [0.2, 0.25) is 15.9 Å². The summed E-state index contributed by atoms with van der Waals surface area (Å²) in [5, 5.41) is 5.40. The second kappa shape index (κ2) is 9.37. The third-order valence-electron chi connectivity index (χ3n) is 4.83. The molecule has 1 aliphatic heterocycles. The topological polar surface area (TPSA) is 69.7 Å². The third-order valence-corrected chi connectivity index (χ3v) is 7.88. The van der Waals surface area contributed by atoms with E-state index in [9.17, 15) is 13.2 Å². The smallest absolute Gasteiger partial charge is 0.243 e. The van der Waals surface area contributed by atoms with E-state index in [1.165, 1.54) is 36.2 Å². The second-order valence-electron chi connectivity index (χ2n) is 6.79. The number of hydrogen-bond donors (Lipinski definition) is 1. The summed E-state index contributed by atoms with van der Waals surface area (Å²) in [7, 11) is -2.34. The van der Waals surface area contributed by atoms with Crippen LogP contribution in [0.25, 0.3) is 0 Å². The zero-order valence-electron chi connectivity index (χ0n) is 15.7. The van der Waals surface area contributed by atoms with Gasteiger partial charge >= 0.3 is 0 Å². The highest BCUT2D eigenvalue weighted by Crippen LogP contribution is 2.27. The highest BCUT2D eigenvalue weighted by atomic mass is 35.5. The highest BCUT2D eigenvalue weighted by Gasteiger charge is 2.26. The lowest BCUT2D eigenvalue weighted by Crippen LogP contribution is -2.42. The van der Waals surface area contributed by atoms with E-state index in [1.807, 2.05) is 11.4 Å². The molecule has 0 bridgehead atoms. The predicted molar refractivity (Wildman–Crippen MR) is 112 cm³/mol. The molecule has 1 aromatic carbocycles. The number of likely N-dealkylation sites (tertiary alicyclic amines) is 1. The largest absolute Gasteiger partial charge is 0.353 e. The Balaban J connectivity index is 1.60. The van der Waals surface area contributed by atoms with Crippen molar-refractivity contribution in [3.63, 3.8) is 0 Å². The lowest BCUT2D eigenvalue weighted by molar-refractivity contribution is -0.121.